The smallest absolute Gasteiger partial charge is 0.234 e. The second-order valence-corrected chi connectivity index (χ2v) is 9.17. The van der Waals surface area contributed by atoms with Crippen molar-refractivity contribution in [2.75, 3.05) is 31.1 Å². The summed E-state index contributed by atoms with van der Waals surface area (Å²) in [6.45, 7) is 4.35. The first-order chi connectivity index (χ1) is 15.9. The molecule has 1 fully saturated rings. The summed E-state index contributed by atoms with van der Waals surface area (Å²) in [5, 5.41) is 5.47. The van der Waals surface area contributed by atoms with Gasteiger partial charge in [-0.25, -0.2) is 14.1 Å². The predicted octanol–water partition coefficient (Wildman–Crippen LogP) is 4.99. The Morgan fingerprint density at radius 3 is 2.33 bits per heavy atom. The van der Waals surface area contributed by atoms with E-state index in [2.05, 4.69) is 15.0 Å². The fourth-order valence-electron chi connectivity index (χ4n) is 4.66. The Labute approximate surface area is 201 Å². The van der Waals surface area contributed by atoms with E-state index >= 15 is 0 Å². The molecule has 0 bridgehead atoms. The zero-order chi connectivity index (χ0) is 23.1. The molecule has 2 unspecified atom stereocenters. The number of halogens is 3. The fourth-order valence-corrected chi connectivity index (χ4v) is 5.20. The first-order valence-electron chi connectivity index (χ1n) is 10.7. The summed E-state index contributed by atoms with van der Waals surface area (Å²) < 4.78 is 15.0. The lowest BCUT2D eigenvalue weighted by Crippen LogP contribution is -2.53. The largest absolute Gasteiger partial charge is 0.368 e. The topological polar surface area (TPSA) is 53.7 Å². The lowest BCUT2D eigenvalue weighted by molar-refractivity contribution is -0.134. The number of hydrogen-bond donors (Lipinski definition) is 0. The van der Waals surface area contributed by atoms with Crippen molar-refractivity contribution in [2.45, 2.75) is 13.0 Å². The molecule has 33 heavy (non-hydrogen) atoms. The van der Waals surface area contributed by atoms with Gasteiger partial charge in [0.1, 0.15) is 11.7 Å². The van der Waals surface area contributed by atoms with Crippen molar-refractivity contribution >= 4 is 46.3 Å². The van der Waals surface area contributed by atoms with E-state index in [1.165, 1.54) is 12.1 Å². The zero-order valence-corrected chi connectivity index (χ0v) is 19.5. The van der Waals surface area contributed by atoms with Gasteiger partial charge in [-0.2, -0.15) is 5.10 Å². The number of aliphatic imine (C=N–C) groups is 1. The van der Waals surface area contributed by atoms with Crippen molar-refractivity contribution in [3.8, 4) is 0 Å². The first kappa shape index (κ1) is 21.9. The van der Waals surface area contributed by atoms with Crippen molar-refractivity contribution in [1.82, 2.24) is 14.7 Å². The maximum absolute atomic E-state index is 13.8. The van der Waals surface area contributed by atoms with E-state index < -0.39 is 12.0 Å². The zero-order valence-electron chi connectivity index (χ0n) is 18.0. The Hall–Kier alpha value is -2.90. The van der Waals surface area contributed by atoms with Crippen LogP contribution >= 0.6 is 23.2 Å². The monoisotopic (exact) mass is 485 g/mol. The molecule has 6 nitrogen and oxygen atoms in total. The lowest BCUT2D eigenvalue weighted by Gasteiger charge is -2.40. The summed E-state index contributed by atoms with van der Waals surface area (Å²) in [4.78, 5) is 22.5. The molecular formula is C24H22Cl2FN5O. The summed E-state index contributed by atoms with van der Waals surface area (Å²) in [5.74, 6) is -0.0925. The van der Waals surface area contributed by atoms with E-state index in [1.807, 2.05) is 30.0 Å². The average Bonchev–Trinajstić information content (AvgIpc) is 3.25. The standard InChI is InChI=1S/C24H22Cl2FN5O/c1-15-22(24(33)31-10-8-30(9-11-31)20-4-2-19(27)3-5-20)23(32-21(29-15)6-7-28-32)16-12-17(25)14-18(26)13-16/h2-7,12-14,22-23H,8-11H2,1H3. The van der Waals surface area contributed by atoms with Crippen LogP contribution in [0.15, 0.2) is 59.7 Å². The van der Waals surface area contributed by atoms with Crippen molar-refractivity contribution in [2.24, 2.45) is 10.9 Å². The molecule has 1 amide bonds. The number of fused-ring (bicyclic) bond motifs is 1. The molecule has 170 valence electrons. The lowest BCUT2D eigenvalue weighted by atomic mass is 9.87. The van der Waals surface area contributed by atoms with Crippen LogP contribution in [0.25, 0.3) is 0 Å². The van der Waals surface area contributed by atoms with Crippen LogP contribution in [0.2, 0.25) is 10.0 Å². The Bertz CT molecular complexity index is 1200. The highest BCUT2D eigenvalue weighted by atomic mass is 35.5. The highest BCUT2D eigenvalue weighted by Gasteiger charge is 2.41. The number of carbonyl (C=O) groups is 1. The number of nitrogens with zero attached hydrogens (tertiary/aromatic N) is 5. The van der Waals surface area contributed by atoms with Gasteiger partial charge in [-0.05, 0) is 55.0 Å². The van der Waals surface area contributed by atoms with Crippen LogP contribution in [0.1, 0.15) is 18.5 Å². The summed E-state index contributed by atoms with van der Waals surface area (Å²) in [5.41, 5.74) is 2.50. The Balaban J connectivity index is 1.42. The van der Waals surface area contributed by atoms with E-state index in [0.29, 0.717) is 42.0 Å². The van der Waals surface area contributed by atoms with Gasteiger partial charge in [-0.3, -0.25) is 4.79 Å². The number of benzene rings is 2. The third-order valence-electron chi connectivity index (χ3n) is 6.25. The second-order valence-electron chi connectivity index (χ2n) is 8.30. The fraction of sp³-hybridized carbons (Fsp3) is 0.292. The number of aromatic nitrogens is 2. The van der Waals surface area contributed by atoms with Crippen molar-refractivity contribution < 1.29 is 9.18 Å². The quantitative estimate of drug-likeness (QED) is 0.524. The van der Waals surface area contributed by atoms with Gasteiger partial charge < -0.3 is 9.80 Å². The van der Waals surface area contributed by atoms with Gasteiger partial charge in [-0.1, -0.05) is 23.2 Å². The summed E-state index contributed by atoms with van der Waals surface area (Å²) in [7, 11) is 0. The molecular weight excluding hydrogens is 464 g/mol. The van der Waals surface area contributed by atoms with E-state index in [1.54, 1.807) is 29.1 Å². The van der Waals surface area contributed by atoms with E-state index in [-0.39, 0.29) is 11.7 Å². The molecule has 3 aromatic rings. The molecule has 0 N–H and O–H groups in total. The molecule has 0 saturated carbocycles. The third kappa shape index (κ3) is 4.23. The molecule has 1 aromatic heterocycles. The van der Waals surface area contributed by atoms with Crippen LogP contribution < -0.4 is 4.90 Å². The molecule has 5 rings (SSSR count). The summed E-state index contributed by atoms with van der Waals surface area (Å²) in [6, 6.07) is 13.2. The van der Waals surface area contributed by atoms with Gasteiger partial charge in [0.15, 0.2) is 5.82 Å². The van der Waals surface area contributed by atoms with Crippen LogP contribution in [0.4, 0.5) is 15.9 Å². The third-order valence-corrected chi connectivity index (χ3v) is 6.68. The molecule has 3 heterocycles. The van der Waals surface area contributed by atoms with Crippen molar-refractivity contribution in [3.05, 3.63) is 76.2 Å². The first-order valence-corrected chi connectivity index (χ1v) is 11.5. The highest BCUT2D eigenvalue weighted by Crippen LogP contribution is 2.39. The molecule has 2 aromatic carbocycles. The highest BCUT2D eigenvalue weighted by molar-refractivity contribution is 6.34. The number of carbonyl (C=O) groups excluding carboxylic acids is 1. The predicted molar refractivity (Wildman–Crippen MR) is 128 cm³/mol. The van der Waals surface area contributed by atoms with Crippen LogP contribution in [-0.4, -0.2) is 52.5 Å². The molecule has 2 atom stereocenters. The summed E-state index contributed by atoms with van der Waals surface area (Å²) >= 11 is 12.6. The molecule has 2 aliphatic rings. The number of amides is 1. The van der Waals surface area contributed by atoms with Gasteiger partial charge in [0.25, 0.3) is 0 Å². The Morgan fingerprint density at radius 1 is 1.00 bits per heavy atom. The maximum atomic E-state index is 13.8. The number of rotatable bonds is 3. The minimum atomic E-state index is -0.524. The van der Waals surface area contributed by atoms with Crippen LogP contribution in [-0.2, 0) is 4.79 Å². The van der Waals surface area contributed by atoms with Gasteiger partial charge in [0.2, 0.25) is 5.91 Å². The molecule has 0 aliphatic carbocycles. The van der Waals surface area contributed by atoms with Gasteiger partial charge >= 0.3 is 0 Å². The van der Waals surface area contributed by atoms with Gasteiger partial charge in [-0.15, -0.1) is 0 Å². The SMILES string of the molecule is CC1=Nc2ccnn2C(c2cc(Cl)cc(Cl)c2)C1C(=O)N1CCN(c2ccc(F)cc2)CC1. The number of hydrogen-bond acceptors (Lipinski definition) is 4. The van der Waals surface area contributed by atoms with Crippen LogP contribution in [0.3, 0.4) is 0 Å². The summed E-state index contributed by atoms with van der Waals surface area (Å²) in [6.07, 6.45) is 1.68. The average molecular weight is 486 g/mol. The van der Waals surface area contributed by atoms with Gasteiger partial charge in [0.05, 0.1) is 12.2 Å². The minimum absolute atomic E-state index is 0.00254. The second kappa shape index (κ2) is 8.80. The minimum Gasteiger partial charge on any atom is -0.368 e. The van der Waals surface area contributed by atoms with Crippen molar-refractivity contribution in [3.63, 3.8) is 0 Å². The van der Waals surface area contributed by atoms with E-state index in [9.17, 15) is 9.18 Å². The maximum Gasteiger partial charge on any atom is 0.234 e. The Morgan fingerprint density at radius 2 is 1.67 bits per heavy atom. The molecule has 1 saturated heterocycles. The normalized spacial score (nSPS) is 20.4. The van der Waals surface area contributed by atoms with Crippen LogP contribution in [0, 0.1) is 11.7 Å². The number of piperazine rings is 1. The molecule has 0 radical (unpaired) electrons. The molecule has 2 aliphatic heterocycles. The number of anilines is 1. The molecule has 0 spiro atoms. The van der Waals surface area contributed by atoms with E-state index in [4.69, 9.17) is 23.2 Å². The van der Waals surface area contributed by atoms with Crippen LogP contribution in [0.5, 0.6) is 0 Å². The van der Waals surface area contributed by atoms with E-state index in [0.717, 1.165) is 17.0 Å². The molecule has 9 heteroatoms. The Kier molecular flexibility index (Phi) is 5.85. The van der Waals surface area contributed by atoms with Crippen molar-refractivity contribution in [1.29, 1.82) is 0 Å². The van der Waals surface area contributed by atoms with Gasteiger partial charge in [0, 0.05) is 53.7 Å².